The first-order valence-corrected chi connectivity index (χ1v) is 11.2. The molecule has 1 amide bonds. The number of benzene rings is 1. The second-order valence-corrected chi connectivity index (χ2v) is 9.33. The van der Waals surface area contributed by atoms with Crippen LogP contribution >= 0.6 is 11.6 Å². The topological polar surface area (TPSA) is 84.0 Å². The summed E-state index contributed by atoms with van der Waals surface area (Å²) in [5, 5.41) is 0.415. The monoisotopic (exact) mass is 430 g/mol. The van der Waals surface area contributed by atoms with Gasteiger partial charge in [0.2, 0.25) is 10.0 Å². The van der Waals surface area contributed by atoms with E-state index < -0.39 is 22.5 Å². The maximum absolute atomic E-state index is 12.5. The molecule has 0 N–H and O–H groups in total. The Morgan fingerprint density at radius 1 is 1.14 bits per heavy atom. The number of esters is 1. The molecule has 0 heterocycles. The summed E-state index contributed by atoms with van der Waals surface area (Å²) in [5.74, 6) is -1.01. The average Bonchev–Trinajstić information content (AvgIpc) is 2.68. The number of nitrogens with zero attached hydrogens (tertiary/aromatic N) is 2. The molecule has 0 bridgehead atoms. The van der Waals surface area contributed by atoms with Gasteiger partial charge in [-0.05, 0) is 44.0 Å². The van der Waals surface area contributed by atoms with E-state index in [1.54, 1.807) is 4.90 Å². The Bertz CT molecular complexity index is 776. The standard InChI is InChI=1S/C19H27ClN2O5S/c1-3-22(16-7-5-4-6-8-16)18(23)14-27-19(24)13-21(2)28(25,26)17-11-9-15(20)10-12-17/h9-12,16H,3-8,13-14H2,1-2H3. The normalized spacial score (nSPS) is 15.4. The summed E-state index contributed by atoms with van der Waals surface area (Å²) >= 11 is 5.77. The molecular weight excluding hydrogens is 404 g/mol. The van der Waals surface area contributed by atoms with Gasteiger partial charge in [-0.2, -0.15) is 4.31 Å². The zero-order valence-electron chi connectivity index (χ0n) is 16.3. The Labute approximate surface area is 171 Å². The lowest BCUT2D eigenvalue weighted by Gasteiger charge is -2.33. The number of halogens is 1. The van der Waals surface area contributed by atoms with Crippen LogP contribution in [0.3, 0.4) is 0 Å². The molecule has 7 nitrogen and oxygen atoms in total. The molecule has 0 aromatic heterocycles. The first-order chi connectivity index (χ1) is 13.3. The summed E-state index contributed by atoms with van der Waals surface area (Å²) in [7, 11) is -2.56. The van der Waals surface area contributed by atoms with Crippen molar-refractivity contribution in [2.75, 3.05) is 26.7 Å². The highest BCUT2D eigenvalue weighted by Gasteiger charge is 2.26. The zero-order chi connectivity index (χ0) is 20.7. The number of rotatable bonds is 8. The van der Waals surface area contributed by atoms with Gasteiger partial charge in [0.25, 0.3) is 5.91 Å². The SMILES string of the molecule is CCN(C(=O)COC(=O)CN(C)S(=O)(=O)c1ccc(Cl)cc1)C1CCCCC1. The third kappa shape index (κ3) is 5.93. The van der Waals surface area contributed by atoms with Crippen LogP contribution in [0.2, 0.25) is 5.02 Å². The summed E-state index contributed by atoms with van der Waals surface area (Å²) in [6.07, 6.45) is 5.32. The Morgan fingerprint density at radius 2 is 1.75 bits per heavy atom. The number of ether oxygens (including phenoxy) is 1. The Kier molecular flexibility index (Phi) is 8.27. The molecule has 0 atom stereocenters. The highest BCUT2D eigenvalue weighted by atomic mass is 35.5. The number of carbonyl (C=O) groups is 2. The molecule has 2 rings (SSSR count). The van der Waals surface area contributed by atoms with Crippen LogP contribution in [0.25, 0.3) is 0 Å². The van der Waals surface area contributed by atoms with E-state index in [-0.39, 0.29) is 23.5 Å². The molecule has 1 aromatic rings. The van der Waals surface area contributed by atoms with Crippen molar-refractivity contribution in [3.63, 3.8) is 0 Å². The predicted molar refractivity (Wildman–Crippen MR) is 106 cm³/mol. The van der Waals surface area contributed by atoms with E-state index in [0.29, 0.717) is 11.6 Å². The quantitative estimate of drug-likeness (QED) is 0.592. The van der Waals surface area contributed by atoms with Crippen LogP contribution < -0.4 is 0 Å². The summed E-state index contributed by atoms with van der Waals surface area (Å²) in [6, 6.07) is 5.85. The minimum absolute atomic E-state index is 0.0257. The second-order valence-electron chi connectivity index (χ2n) is 6.85. The molecule has 1 aliphatic carbocycles. The summed E-state index contributed by atoms with van der Waals surface area (Å²) < 4.78 is 30.9. The van der Waals surface area contributed by atoms with Crippen LogP contribution in [0, 0.1) is 0 Å². The number of hydrogen-bond acceptors (Lipinski definition) is 5. The van der Waals surface area contributed by atoms with Crippen LogP contribution in [-0.4, -0.2) is 62.3 Å². The summed E-state index contributed by atoms with van der Waals surface area (Å²) in [6.45, 7) is 1.61. The fourth-order valence-electron chi connectivity index (χ4n) is 3.35. The molecule has 1 fully saturated rings. The van der Waals surface area contributed by atoms with Crippen LogP contribution in [0.15, 0.2) is 29.2 Å². The Morgan fingerprint density at radius 3 is 2.32 bits per heavy atom. The fourth-order valence-corrected chi connectivity index (χ4v) is 4.60. The molecule has 1 saturated carbocycles. The number of amides is 1. The van der Waals surface area contributed by atoms with Crippen molar-refractivity contribution in [3.05, 3.63) is 29.3 Å². The number of hydrogen-bond donors (Lipinski definition) is 0. The molecule has 0 aliphatic heterocycles. The summed E-state index contributed by atoms with van der Waals surface area (Å²) in [5.41, 5.74) is 0. The second kappa shape index (κ2) is 10.2. The van der Waals surface area contributed by atoms with E-state index in [0.717, 1.165) is 30.0 Å². The molecule has 0 saturated heterocycles. The van der Waals surface area contributed by atoms with Crippen molar-refractivity contribution in [2.24, 2.45) is 0 Å². The van der Waals surface area contributed by atoms with Crippen molar-refractivity contribution >= 4 is 33.5 Å². The van der Waals surface area contributed by atoms with Gasteiger partial charge in [-0.1, -0.05) is 30.9 Å². The van der Waals surface area contributed by atoms with E-state index >= 15 is 0 Å². The van der Waals surface area contributed by atoms with Crippen molar-refractivity contribution in [3.8, 4) is 0 Å². The van der Waals surface area contributed by atoms with Gasteiger partial charge >= 0.3 is 5.97 Å². The van der Waals surface area contributed by atoms with Crippen LogP contribution in [0.5, 0.6) is 0 Å². The molecule has 0 spiro atoms. The predicted octanol–water partition coefficient (Wildman–Crippen LogP) is 2.68. The van der Waals surface area contributed by atoms with Gasteiger partial charge in [0.15, 0.2) is 6.61 Å². The number of sulfonamides is 1. The molecule has 156 valence electrons. The van der Waals surface area contributed by atoms with Crippen molar-refractivity contribution < 1.29 is 22.7 Å². The Balaban J connectivity index is 1.88. The van der Waals surface area contributed by atoms with E-state index in [1.165, 1.54) is 37.7 Å². The highest BCUT2D eigenvalue weighted by molar-refractivity contribution is 7.89. The lowest BCUT2D eigenvalue weighted by atomic mass is 9.94. The summed E-state index contributed by atoms with van der Waals surface area (Å²) in [4.78, 5) is 26.3. The maximum Gasteiger partial charge on any atom is 0.321 e. The fraction of sp³-hybridized carbons (Fsp3) is 0.579. The van der Waals surface area contributed by atoms with Crippen molar-refractivity contribution in [1.29, 1.82) is 0 Å². The molecule has 9 heteroatoms. The average molecular weight is 431 g/mol. The van der Waals surface area contributed by atoms with E-state index in [4.69, 9.17) is 16.3 Å². The van der Waals surface area contributed by atoms with Gasteiger partial charge in [0.05, 0.1) is 4.90 Å². The lowest BCUT2D eigenvalue weighted by molar-refractivity contribution is -0.153. The molecule has 1 aromatic carbocycles. The number of carbonyl (C=O) groups excluding carboxylic acids is 2. The first kappa shape index (κ1) is 22.6. The number of likely N-dealkylation sites (N-methyl/N-ethyl adjacent to an activating group) is 2. The minimum Gasteiger partial charge on any atom is -0.455 e. The van der Waals surface area contributed by atoms with Crippen LogP contribution in [0.1, 0.15) is 39.0 Å². The van der Waals surface area contributed by atoms with Crippen molar-refractivity contribution in [2.45, 2.75) is 50.0 Å². The molecule has 0 unspecified atom stereocenters. The third-order valence-corrected chi connectivity index (χ3v) is 6.98. The first-order valence-electron chi connectivity index (χ1n) is 9.42. The van der Waals surface area contributed by atoms with Gasteiger partial charge < -0.3 is 9.64 Å². The van der Waals surface area contributed by atoms with E-state index in [2.05, 4.69) is 0 Å². The largest absolute Gasteiger partial charge is 0.455 e. The molecule has 1 aliphatic rings. The Hall–Kier alpha value is -1.64. The maximum atomic E-state index is 12.5. The van der Waals surface area contributed by atoms with Crippen molar-refractivity contribution in [1.82, 2.24) is 9.21 Å². The van der Waals surface area contributed by atoms with Crippen LogP contribution in [-0.2, 0) is 24.3 Å². The molecule has 28 heavy (non-hydrogen) atoms. The smallest absolute Gasteiger partial charge is 0.321 e. The highest BCUT2D eigenvalue weighted by Crippen LogP contribution is 2.22. The van der Waals surface area contributed by atoms with Gasteiger partial charge in [-0.15, -0.1) is 0 Å². The lowest BCUT2D eigenvalue weighted by Crippen LogP contribution is -2.43. The van der Waals surface area contributed by atoms with Gasteiger partial charge in [0.1, 0.15) is 6.54 Å². The molecule has 0 radical (unpaired) electrons. The van der Waals surface area contributed by atoms with E-state index in [9.17, 15) is 18.0 Å². The molecular formula is C19H27ClN2O5S. The van der Waals surface area contributed by atoms with Crippen LogP contribution in [0.4, 0.5) is 0 Å². The minimum atomic E-state index is -3.85. The van der Waals surface area contributed by atoms with Gasteiger partial charge in [0, 0.05) is 24.7 Å². The third-order valence-electron chi connectivity index (χ3n) is 4.91. The van der Waals surface area contributed by atoms with Gasteiger partial charge in [-0.25, -0.2) is 8.42 Å². The van der Waals surface area contributed by atoms with E-state index in [1.807, 2.05) is 6.92 Å². The van der Waals surface area contributed by atoms with Gasteiger partial charge in [-0.3, -0.25) is 9.59 Å². The zero-order valence-corrected chi connectivity index (χ0v) is 17.8.